The normalized spacial score (nSPS) is 27.4. The summed E-state index contributed by atoms with van der Waals surface area (Å²) in [7, 11) is 0. The smallest absolute Gasteiger partial charge is 0.256 e. The van der Waals surface area contributed by atoms with E-state index in [1.54, 1.807) is 30.2 Å². The highest BCUT2D eigenvalue weighted by Gasteiger charge is 2.38. The van der Waals surface area contributed by atoms with Crippen LogP contribution in [0.5, 0.6) is 0 Å². The Labute approximate surface area is 116 Å². The lowest BCUT2D eigenvalue weighted by atomic mass is 9.90. The lowest BCUT2D eigenvalue weighted by Crippen LogP contribution is -2.55. The molecule has 2 rings (SSSR count). The number of carbonyl (C=O) groups is 1. The van der Waals surface area contributed by atoms with Gasteiger partial charge in [0.1, 0.15) is 5.03 Å². The molecule has 0 aliphatic carbocycles. The Morgan fingerprint density at radius 3 is 3.00 bits per heavy atom. The van der Waals surface area contributed by atoms with E-state index < -0.39 is 11.7 Å². The van der Waals surface area contributed by atoms with Gasteiger partial charge in [-0.3, -0.25) is 4.79 Å². The van der Waals surface area contributed by atoms with Gasteiger partial charge in [-0.1, -0.05) is 0 Å². The Morgan fingerprint density at radius 2 is 2.37 bits per heavy atom. The molecule has 1 aliphatic rings. The second-order valence-corrected chi connectivity index (χ2v) is 5.73. The van der Waals surface area contributed by atoms with Crippen LogP contribution >= 0.6 is 11.8 Å². The average molecular weight is 282 g/mol. The predicted molar refractivity (Wildman–Crippen MR) is 73.2 cm³/mol. The largest absolute Gasteiger partial charge is 0.388 e. The van der Waals surface area contributed by atoms with E-state index in [4.69, 9.17) is 0 Å². The summed E-state index contributed by atoms with van der Waals surface area (Å²) in [4.78, 5) is 18.1. The number of likely N-dealkylation sites (tertiary alicyclic amines) is 1. The van der Waals surface area contributed by atoms with Crippen molar-refractivity contribution in [2.24, 2.45) is 0 Å². The van der Waals surface area contributed by atoms with Gasteiger partial charge in [-0.05, 0) is 31.7 Å². The number of nitrogens with zero attached hydrogens (tertiary/aromatic N) is 2. The zero-order chi connectivity index (χ0) is 14.0. The summed E-state index contributed by atoms with van der Waals surface area (Å²) < 4.78 is 0. The molecule has 0 aromatic carbocycles. The number of pyridine rings is 1. The standard InChI is InChI=1S/C13H18N2O3S/c1-13(18)5-7-15(8-10(13)16)12(17)9-4-3-6-14-11(9)19-2/h3-4,6,10,16,18H,5,7-8H2,1-2H3/t10-,13+/m1/s1. The fraction of sp³-hybridized carbons (Fsp3) is 0.538. The molecule has 1 amide bonds. The van der Waals surface area contributed by atoms with Crippen molar-refractivity contribution < 1.29 is 15.0 Å². The summed E-state index contributed by atoms with van der Waals surface area (Å²) in [6, 6.07) is 3.46. The highest BCUT2D eigenvalue weighted by molar-refractivity contribution is 7.98. The number of aliphatic hydroxyl groups excluding tert-OH is 1. The van der Waals surface area contributed by atoms with Crippen LogP contribution in [0.3, 0.4) is 0 Å². The first-order valence-electron chi connectivity index (χ1n) is 6.14. The molecule has 2 N–H and O–H groups in total. The summed E-state index contributed by atoms with van der Waals surface area (Å²) in [5, 5.41) is 20.5. The molecule has 0 spiro atoms. The second-order valence-electron chi connectivity index (χ2n) is 4.93. The van der Waals surface area contributed by atoms with Crippen LogP contribution in [0.15, 0.2) is 23.4 Å². The van der Waals surface area contributed by atoms with E-state index in [9.17, 15) is 15.0 Å². The van der Waals surface area contributed by atoms with Gasteiger partial charge < -0.3 is 15.1 Å². The fourth-order valence-electron chi connectivity index (χ4n) is 2.10. The molecule has 0 unspecified atom stereocenters. The van der Waals surface area contributed by atoms with E-state index in [-0.39, 0.29) is 12.5 Å². The molecule has 1 aromatic heterocycles. The number of amides is 1. The summed E-state index contributed by atoms with van der Waals surface area (Å²) >= 11 is 1.42. The van der Waals surface area contributed by atoms with Crippen molar-refractivity contribution in [3.8, 4) is 0 Å². The molecule has 104 valence electrons. The second kappa shape index (κ2) is 5.48. The van der Waals surface area contributed by atoms with Gasteiger partial charge in [0.15, 0.2) is 0 Å². The fourth-order valence-corrected chi connectivity index (χ4v) is 2.64. The van der Waals surface area contributed by atoms with Crippen LogP contribution in [-0.4, -0.2) is 57.1 Å². The van der Waals surface area contributed by atoms with Gasteiger partial charge in [0.05, 0.1) is 17.3 Å². The van der Waals surface area contributed by atoms with Crippen molar-refractivity contribution in [3.05, 3.63) is 23.9 Å². The van der Waals surface area contributed by atoms with Crippen molar-refractivity contribution in [1.29, 1.82) is 0 Å². The maximum absolute atomic E-state index is 12.4. The highest BCUT2D eigenvalue weighted by atomic mass is 32.2. The van der Waals surface area contributed by atoms with E-state index in [1.807, 2.05) is 6.26 Å². The predicted octanol–water partition coefficient (Wildman–Crippen LogP) is 0.761. The lowest BCUT2D eigenvalue weighted by molar-refractivity contribution is -0.0999. The number of piperidine rings is 1. The number of rotatable bonds is 2. The van der Waals surface area contributed by atoms with Crippen LogP contribution in [-0.2, 0) is 0 Å². The number of carbonyl (C=O) groups excluding carboxylic acids is 1. The third-order valence-electron chi connectivity index (χ3n) is 3.48. The van der Waals surface area contributed by atoms with Gasteiger partial charge in [0.25, 0.3) is 5.91 Å². The summed E-state index contributed by atoms with van der Waals surface area (Å²) in [6.45, 7) is 2.18. The molecular weight excluding hydrogens is 264 g/mol. The van der Waals surface area contributed by atoms with Crippen molar-refractivity contribution in [2.75, 3.05) is 19.3 Å². The zero-order valence-corrected chi connectivity index (χ0v) is 11.9. The van der Waals surface area contributed by atoms with Crippen molar-refractivity contribution in [3.63, 3.8) is 0 Å². The third kappa shape index (κ3) is 2.91. The van der Waals surface area contributed by atoms with Gasteiger partial charge in [-0.2, -0.15) is 0 Å². The average Bonchev–Trinajstić information content (AvgIpc) is 2.41. The van der Waals surface area contributed by atoms with E-state index >= 15 is 0 Å². The molecule has 1 fully saturated rings. The van der Waals surface area contributed by atoms with E-state index in [1.165, 1.54) is 11.8 Å². The van der Waals surface area contributed by atoms with Crippen LogP contribution in [0.25, 0.3) is 0 Å². The van der Waals surface area contributed by atoms with Crippen LogP contribution in [0, 0.1) is 0 Å². The number of hydrogen-bond donors (Lipinski definition) is 2. The monoisotopic (exact) mass is 282 g/mol. The maximum Gasteiger partial charge on any atom is 0.256 e. The first-order valence-corrected chi connectivity index (χ1v) is 7.37. The van der Waals surface area contributed by atoms with Gasteiger partial charge >= 0.3 is 0 Å². The molecule has 0 bridgehead atoms. The van der Waals surface area contributed by atoms with E-state index in [0.29, 0.717) is 23.6 Å². The maximum atomic E-state index is 12.4. The highest BCUT2D eigenvalue weighted by Crippen LogP contribution is 2.25. The number of β-amino-alcohol motifs (C(OH)–C–C–N with tert-alkyl or cyclic N) is 1. The van der Waals surface area contributed by atoms with Crippen molar-refractivity contribution in [2.45, 2.75) is 30.1 Å². The van der Waals surface area contributed by atoms with Crippen molar-refractivity contribution in [1.82, 2.24) is 9.88 Å². The summed E-state index contributed by atoms with van der Waals surface area (Å²) in [6.07, 6.45) is 2.97. The van der Waals surface area contributed by atoms with Gasteiger partial charge in [-0.25, -0.2) is 4.98 Å². The number of aliphatic hydroxyl groups is 2. The molecule has 2 atom stereocenters. The minimum absolute atomic E-state index is 0.146. The molecule has 1 aliphatic heterocycles. The van der Waals surface area contributed by atoms with Crippen LogP contribution in [0.4, 0.5) is 0 Å². The van der Waals surface area contributed by atoms with Crippen LogP contribution in [0.1, 0.15) is 23.7 Å². The Balaban J connectivity index is 2.17. The lowest BCUT2D eigenvalue weighted by Gasteiger charge is -2.40. The topological polar surface area (TPSA) is 73.7 Å². The van der Waals surface area contributed by atoms with Crippen LogP contribution < -0.4 is 0 Å². The number of aromatic nitrogens is 1. The molecule has 0 radical (unpaired) electrons. The SMILES string of the molecule is CSc1ncccc1C(=O)N1CC[C@](C)(O)[C@H](O)C1. The first-order chi connectivity index (χ1) is 8.95. The summed E-state index contributed by atoms with van der Waals surface area (Å²) in [5.41, 5.74) is -0.572. The van der Waals surface area contributed by atoms with Gasteiger partial charge in [-0.15, -0.1) is 11.8 Å². The molecular formula is C13H18N2O3S. The molecule has 0 saturated carbocycles. The molecule has 19 heavy (non-hydrogen) atoms. The number of thioether (sulfide) groups is 1. The Morgan fingerprint density at radius 1 is 1.63 bits per heavy atom. The van der Waals surface area contributed by atoms with Crippen molar-refractivity contribution >= 4 is 17.7 Å². The minimum Gasteiger partial charge on any atom is -0.388 e. The van der Waals surface area contributed by atoms with Gasteiger partial charge in [0.2, 0.25) is 0 Å². The molecule has 6 heteroatoms. The minimum atomic E-state index is -1.12. The Hall–Kier alpha value is -1.11. The quantitative estimate of drug-likeness (QED) is 0.784. The molecule has 1 saturated heterocycles. The Bertz CT molecular complexity index is 479. The van der Waals surface area contributed by atoms with E-state index in [2.05, 4.69) is 4.98 Å². The van der Waals surface area contributed by atoms with Gasteiger partial charge in [0, 0.05) is 19.3 Å². The van der Waals surface area contributed by atoms with E-state index in [0.717, 1.165) is 0 Å². The molecule has 2 heterocycles. The third-order valence-corrected chi connectivity index (χ3v) is 4.19. The molecule has 1 aromatic rings. The zero-order valence-electron chi connectivity index (χ0n) is 11.0. The molecule has 5 nitrogen and oxygen atoms in total. The number of hydrogen-bond acceptors (Lipinski definition) is 5. The summed E-state index contributed by atoms with van der Waals surface area (Å²) in [5.74, 6) is -0.146. The Kier molecular flexibility index (Phi) is 4.13. The van der Waals surface area contributed by atoms with Crippen LogP contribution in [0.2, 0.25) is 0 Å². The first kappa shape index (κ1) is 14.3.